The zero-order valence-electron chi connectivity index (χ0n) is 14.1. The van der Waals surface area contributed by atoms with Crippen molar-refractivity contribution in [1.82, 2.24) is 9.97 Å². The van der Waals surface area contributed by atoms with Crippen molar-refractivity contribution in [3.63, 3.8) is 0 Å². The molecule has 0 saturated carbocycles. The van der Waals surface area contributed by atoms with Crippen LogP contribution in [0, 0.1) is 23.0 Å². The summed E-state index contributed by atoms with van der Waals surface area (Å²) in [5.41, 5.74) is 0.655. The SMILES string of the molecule is CSc1nc(-c2ccc(OCc3cc(F)cc(F)c3)cc2)c(C#N)c(=O)[nH]1. The third-order valence-electron chi connectivity index (χ3n) is 3.66. The average molecular weight is 385 g/mol. The van der Waals surface area contributed by atoms with Crippen LogP contribution in [0.1, 0.15) is 11.1 Å². The Hall–Kier alpha value is -3.18. The first kappa shape index (κ1) is 18.6. The van der Waals surface area contributed by atoms with E-state index in [0.717, 1.165) is 6.07 Å². The molecule has 0 saturated heterocycles. The first-order valence-corrected chi connectivity index (χ1v) is 8.99. The summed E-state index contributed by atoms with van der Waals surface area (Å²) >= 11 is 1.26. The summed E-state index contributed by atoms with van der Waals surface area (Å²) in [6, 6.07) is 11.6. The highest BCUT2D eigenvalue weighted by atomic mass is 32.2. The second-order valence-electron chi connectivity index (χ2n) is 5.50. The van der Waals surface area contributed by atoms with Gasteiger partial charge < -0.3 is 9.72 Å². The van der Waals surface area contributed by atoms with E-state index in [2.05, 4.69) is 9.97 Å². The van der Waals surface area contributed by atoms with Crippen LogP contribution in [-0.2, 0) is 6.61 Å². The van der Waals surface area contributed by atoms with Gasteiger partial charge in [-0.2, -0.15) is 5.26 Å². The maximum absolute atomic E-state index is 13.2. The molecular weight excluding hydrogens is 372 g/mol. The fraction of sp³-hybridized carbons (Fsp3) is 0.105. The summed E-state index contributed by atoms with van der Waals surface area (Å²) in [6.45, 7) is -0.00263. The van der Waals surface area contributed by atoms with E-state index in [1.165, 1.54) is 23.9 Å². The minimum atomic E-state index is -0.669. The Morgan fingerprint density at radius 3 is 2.44 bits per heavy atom. The smallest absolute Gasteiger partial charge is 0.270 e. The number of hydrogen-bond acceptors (Lipinski definition) is 5. The van der Waals surface area contributed by atoms with Gasteiger partial charge in [-0.3, -0.25) is 4.79 Å². The topological polar surface area (TPSA) is 78.8 Å². The zero-order chi connectivity index (χ0) is 19.4. The number of aromatic nitrogens is 2. The Balaban J connectivity index is 1.83. The van der Waals surface area contributed by atoms with Crippen LogP contribution in [0.5, 0.6) is 5.75 Å². The van der Waals surface area contributed by atoms with Gasteiger partial charge in [0.15, 0.2) is 5.16 Å². The molecule has 0 atom stereocenters. The molecule has 0 aliphatic heterocycles. The first-order chi connectivity index (χ1) is 13.0. The molecule has 3 rings (SSSR count). The third kappa shape index (κ3) is 4.33. The highest BCUT2D eigenvalue weighted by Crippen LogP contribution is 2.24. The monoisotopic (exact) mass is 385 g/mol. The molecule has 0 radical (unpaired) electrons. The molecule has 2 aromatic carbocycles. The Morgan fingerprint density at radius 1 is 1.19 bits per heavy atom. The molecule has 27 heavy (non-hydrogen) atoms. The summed E-state index contributed by atoms with van der Waals surface area (Å²) in [4.78, 5) is 18.8. The van der Waals surface area contributed by atoms with Crippen molar-refractivity contribution in [3.8, 4) is 23.1 Å². The van der Waals surface area contributed by atoms with Gasteiger partial charge in [-0.25, -0.2) is 13.8 Å². The lowest BCUT2D eigenvalue weighted by Gasteiger charge is -2.09. The van der Waals surface area contributed by atoms with Crippen LogP contribution in [0.2, 0.25) is 0 Å². The van der Waals surface area contributed by atoms with E-state index in [4.69, 9.17) is 4.74 Å². The molecule has 0 aliphatic rings. The van der Waals surface area contributed by atoms with Gasteiger partial charge in [0.05, 0.1) is 5.69 Å². The number of halogens is 2. The second kappa shape index (κ2) is 8.01. The van der Waals surface area contributed by atoms with Gasteiger partial charge in [-0.05, 0) is 48.2 Å². The average Bonchev–Trinajstić information content (AvgIpc) is 2.65. The van der Waals surface area contributed by atoms with Crippen LogP contribution in [0.25, 0.3) is 11.3 Å². The Kier molecular flexibility index (Phi) is 5.52. The van der Waals surface area contributed by atoms with Gasteiger partial charge >= 0.3 is 0 Å². The van der Waals surface area contributed by atoms with Gasteiger partial charge in [0.2, 0.25) is 0 Å². The van der Waals surface area contributed by atoms with Crippen LogP contribution in [0.15, 0.2) is 52.4 Å². The summed E-state index contributed by atoms with van der Waals surface area (Å²) in [5.74, 6) is -0.868. The van der Waals surface area contributed by atoms with Crippen molar-refractivity contribution in [2.24, 2.45) is 0 Å². The van der Waals surface area contributed by atoms with Gasteiger partial charge in [-0.1, -0.05) is 11.8 Å². The van der Waals surface area contributed by atoms with E-state index in [-0.39, 0.29) is 17.9 Å². The van der Waals surface area contributed by atoms with Crippen LogP contribution < -0.4 is 10.3 Å². The fourth-order valence-corrected chi connectivity index (χ4v) is 2.81. The van der Waals surface area contributed by atoms with Crippen LogP contribution in [0.3, 0.4) is 0 Å². The number of aromatic amines is 1. The van der Waals surface area contributed by atoms with Crippen molar-refractivity contribution < 1.29 is 13.5 Å². The molecule has 136 valence electrons. The largest absolute Gasteiger partial charge is 0.489 e. The molecule has 0 fully saturated rings. The fourth-order valence-electron chi connectivity index (χ4n) is 2.43. The summed E-state index contributed by atoms with van der Waals surface area (Å²) in [5, 5.41) is 9.64. The highest BCUT2D eigenvalue weighted by molar-refractivity contribution is 7.98. The third-order valence-corrected chi connectivity index (χ3v) is 4.24. The number of rotatable bonds is 5. The molecule has 0 bridgehead atoms. The highest BCUT2D eigenvalue weighted by Gasteiger charge is 2.13. The Morgan fingerprint density at radius 2 is 1.85 bits per heavy atom. The number of nitriles is 1. The number of thioether (sulfide) groups is 1. The van der Waals surface area contributed by atoms with Crippen LogP contribution in [0.4, 0.5) is 8.78 Å². The molecule has 5 nitrogen and oxygen atoms in total. The first-order valence-electron chi connectivity index (χ1n) is 7.77. The van der Waals surface area contributed by atoms with Crippen molar-refractivity contribution in [2.75, 3.05) is 6.26 Å². The normalized spacial score (nSPS) is 10.4. The van der Waals surface area contributed by atoms with E-state index < -0.39 is 17.2 Å². The van der Waals surface area contributed by atoms with E-state index in [1.54, 1.807) is 30.5 Å². The quantitative estimate of drug-likeness (QED) is 0.533. The summed E-state index contributed by atoms with van der Waals surface area (Å²) in [6.07, 6.45) is 1.76. The zero-order valence-corrected chi connectivity index (χ0v) is 14.9. The molecule has 1 N–H and O–H groups in total. The summed E-state index contributed by atoms with van der Waals surface area (Å²) in [7, 11) is 0. The van der Waals surface area contributed by atoms with E-state index in [9.17, 15) is 18.8 Å². The lowest BCUT2D eigenvalue weighted by Crippen LogP contribution is -2.14. The maximum Gasteiger partial charge on any atom is 0.270 e. The van der Waals surface area contributed by atoms with Crippen LogP contribution >= 0.6 is 11.8 Å². The number of ether oxygens (including phenoxy) is 1. The Bertz CT molecular complexity index is 1060. The van der Waals surface area contributed by atoms with E-state index in [1.807, 2.05) is 6.07 Å². The summed E-state index contributed by atoms with van der Waals surface area (Å²) < 4.78 is 31.9. The minimum Gasteiger partial charge on any atom is -0.489 e. The molecule has 0 aliphatic carbocycles. The predicted molar refractivity (Wildman–Crippen MR) is 97.5 cm³/mol. The minimum absolute atomic E-state index is 0.00263. The predicted octanol–water partition coefficient (Wildman–Crippen LogP) is 3.89. The van der Waals surface area contributed by atoms with Gasteiger partial charge in [0, 0.05) is 11.6 Å². The van der Waals surface area contributed by atoms with E-state index >= 15 is 0 Å². The van der Waals surface area contributed by atoms with Crippen molar-refractivity contribution in [1.29, 1.82) is 5.26 Å². The van der Waals surface area contributed by atoms with Gasteiger partial charge in [-0.15, -0.1) is 0 Å². The van der Waals surface area contributed by atoms with E-state index in [0.29, 0.717) is 22.0 Å². The van der Waals surface area contributed by atoms with Gasteiger partial charge in [0.1, 0.15) is 35.6 Å². The standard InChI is InChI=1S/C19H13F2N3O2S/c1-27-19-23-17(16(9-22)18(25)24-19)12-2-4-15(5-3-12)26-10-11-6-13(20)8-14(21)7-11/h2-8H,10H2,1H3,(H,23,24,25). The van der Waals surface area contributed by atoms with Crippen molar-refractivity contribution in [3.05, 3.63) is 75.6 Å². The number of benzene rings is 2. The number of nitrogens with one attached hydrogen (secondary N) is 1. The molecule has 1 heterocycles. The molecule has 3 aromatic rings. The molecule has 0 spiro atoms. The number of hydrogen-bond donors (Lipinski definition) is 1. The number of H-pyrrole nitrogens is 1. The molecule has 8 heteroatoms. The molecule has 0 unspecified atom stereocenters. The lowest BCUT2D eigenvalue weighted by atomic mass is 10.1. The molecule has 0 amide bonds. The Labute approximate surface area is 157 Å². The number of nitrogens with zero attached hydrogens (tertiary/aromatic N) is 2. The molecule has 1 aromatic heterocycles. The lowest BCUT2D eigenvalue weighted by molar-refractivity contribution is 0.305. The maximum atomic E-state index is 13.2. The van der Waals surface area contributed by atoms with Crippen molar-refractivity contribution in [2.45, 2.75) is 11.8 Å². The van der Waals surface area contributed by atoms with Crippen molar-refractivity contribution >= 4 is 11.8 Å². The van der Waals surface area contributed by atoms with Crippen LogP contribution in [-0.4, -0.2) is 16.2 Å². The second-order valence-corrected chi connectivity index (χ2v) is 6.30. The van der Waals surface area contributed by atoms with Gasteiger partial charge in [0.25, 0.3) is 5.56 Å². The molecular formula is C19H13F2N3O2S.